The van der Waals surface area contributed by atoms with Gasteiger partial charge < -0.3 is 10.0 Å². The second-order valence-electron chi connectivity index (χ2n) is 5.92. The van der Waals surface area contributed by atoms with Crippen LogP contribution in [-0.2, 0) is 21.1 Å². The molecule has 1 rings (SSSR count). The Hall–Kier alpha value is -1.40. The second kappa shape index (κ2) is 8.90. The molecule has 0 atom stereocenters. The van der Waals surface area contributed by atoms with Gasteiger partial charge in [0.15, 0.2) is 9.84 Å². The van der Waals surface area contributed by atoms with Crippen molar-refractivity contribution in [1.29, 1.82) is 0 Å². The number of hydrogen-bond donors (Lipinski definition) is 1. The molecule has 5 nitrogen and oxygen atoms in total. The van der Waals surface area contributed by atoms with E-state index in [4.69, 9.17) is 5.11 Å². The van der Waals surface area contributed by atoms with E-state index < -0.39 is 21.6 Å². The van der Waals surface area contributed by atoms with Crippen LogP contribution in [0, 0.1) is 5.92 Å². The smallest absolute Gasteiger partial charge is 0.318 e. The lowest BCUT2D eigenvalue weighted by Gasteiger charge is -2.24. The average molecular weight is 327 g/mol. The summed E-state index contributed by atoms with van der Waals surface area (Å²) in [6, 6.07) is 10.0. The Labute approximate surface area is 132 Å². The van der Waals surface area contributed by atoms with Crippen LogP contribution < -0.4 is 0 Å². The molecule has 0 heterocycles. The van der Waals surface area contributed by atoms with Crippen LogP contribution in [-0.4, -0.2) is 55.5 Å². The lowest BCUT2D eigenvalue weighted by Crippen LogP contribution is -2.35. The van der Waals surface area contributed by atoms with E-state index in [9.17, 15) is 13.2 Å². The molecule has 0 unspecified atom stereocenters. The highest BCUT2D eigenvalue weighted by molar-refractivity contribution is 7.92. The van der Waals surface area contributed by atoms with Gasteiger partial charge in [-0.3, -0.25) is 4.79 Å². The molecule has 0 saturated carbocycles. The monoisotopic (exact) mass is 327 g/mol. The molecular weight excluding hydrogens is 302 g/mol. The highest BCUT2D eigenvalue weighted by atomic mass is 32.2. The third-order valence-corrected chi connectivity index (χ3v) is 4.74. The molecule has 0 saturated heterocycles. The fourth-order valence-corrected chi connectivity index (χ4v) is 3.33. The highest BCUT2D eigenvalue weighted by Crippen LogP contribution is 2.05. The first-order valence-electron chi connectivity index (χ1n) is 7.47. The largest absolute Gasteiger partial charge is 0.480 e. The van der Waals surface area contributed by atoms with Crippen molar-refractivity contribution in [2.24, 2.45) is 5.92 Å². The molecule has 1 N–H and O–H groups in total. The number of benzene rings is 1. The lowest BCUT2D eigenvalue weighted by atomic mass is 10.1. The van der Waals surface area contributed by atoms with Gasteiger partial charge in [-0.2, -0.15) is 0 Å². The summed E-state index contributed by atoms with van der Waals surface area (Å²) >= 11 is 0. The standard InChI is InChI=1S/C16H25NO4S/c1-14(2)12-17(9-8-15-6-4-3-5-7-15)10-11-22(20,21)13-16(18)19/h3-7,14H,8-13H2,1-2H3,(H,18,19). The van der Waals surface area contributed by atoms with Gasteiger partial charge in [0.2, 0.25) is 0 Å². The Balaban J connectivity index is 2.55. The summed E-state index contributed by atoms with van der Waals surface area (Å²) < 4.78 is 23.4. The van der Waals surface area contributed by atoms with Gasteiger partial charge in [-0.25, -0.2) is 8.42 Å². The second-order valence-corrected chi connectivity index (χ2v) is 8.10. The molecule has 124 valence electrons. The molecule has 0 aromatic heterocycles. The van der Waals surface area contributed by atoms with E-state index in [1.165, 1.54) is 5.56 Å². The molecule has 1 aromatic rings. The van der Waals surface area contributed by atoms with Crippen molar-refractivity contribution in [3.8, 4) is 0 Å². The number of aliphatic carboxylic acids is 1. The molecule has 0 bridgehead atoms. The highest BCUT2D eigenvalue weighted by Gasteiger charge is 2.18. The Morgan fingerprint density at radius 2 is 1.82 bits per heavy atom. The van der Waals surface area contributed by atoms with Gasteiger partial charge in [-0.15, -0.1) is 0 Å². The third kappa shape index (κ3) is 8.14. The molecule has 0 aliphatic carbocycles. The van der Waals surface area contributed by atoms with Gasteiger partial charge in [-0.1, -0.05) is 44.2 Å². The molecule has 1 aromatic carbocycles. The number of carboxylic acid groups (broad SMARTS) is 1. The van der Waals surface area contributed by atoms with Crippen LogP contribution in [0.5, 0.6) is 0 Å². The zero-order chi connectivity index (χ0) is 16.6. The fraction of sp³-hybridized carbons (Fsp3) is 0.562. The fourth-order valence-electron chi connectivity index (χ4n) is 2.27. The Morgan fingerprint density at radius 1 is 1.18 bits per heavy atom. The van der Waals surface area contributed by atoms with Crippen LogP contribution in [0.3, 0.4) is 0 Å². The molecule has 0 aliphatic rings. The molecule has 6 heteroatoms. The van der Waals surface area contributed by atoms with Crippen LogP contribution in [0.4, 0.5) is 0 Å². The topological polar surface area (TPSA) is 74.7 Å². The van der Waals surface area contributed by atoms with Gasteiger partial charge in [0, 0.05) is 19.6 Å². The maximum absolute atomic E-state index is 11.7. The molecule has 0 fully saturated rings. The maximum atomic E-state index is 11.7. The number of sulfone groups is 1. The molecule has 0 spiro atoms. The van der Waals surface area contributed by atoms with E-state index in [1.54, 1.807) is 0 Å². The van der Waals surface area contributed by atoms with Crippen molar-refractivity contribution in [2.45, 2.75) is 20.3 Å². The van der Waals surface area contributed by atoms with Crippen molar-refractivity contribution in [3.63, 3.8) is 0 Å². The van der Waals surface area contributed by atoms with Crippen molar-refractivity contribution in [3.05, 3.63) is 35.9 Å². The van der Waals surface area contributed by atoms with Gasteiger partial charge in [0.1, 0.15) is 5.75 Å². The minimum atomic E-state index is -3.54. The summed E-state index contributed by atoms with van der Waals surface area (Å²) in [4.78, 5) is 12.6. The molecule has 22 heavy (non-hydrogen) atoms. The number of nitrogens with zero attached hydrogens (tertiary/aromatic N) is 1. The van der Waals surface area contributed by atoms with E-state index in [1.807, 2.05) is 18.2 Å². The minimum Gasteiger partial charge on any atom is -0.480 e. The third-order valence-electron chi connectivity index (χ3n) is 3.24. The van der Waals surface area contributed by atoms with Gasteiger partial charge in [0.05, 0.1) is 5.75 Å². The van der Waals surface area contributed by atoms with Crippen molar-refractivity contribution < 1.29 is 18.3 Å². The first-order chi connectivity index (χ1) is 10.3. The van der Waals surface area contributed by atoms with Crippen LogP contribution >= 0.6 is 0 Å². The summed E-state index contributed by atoms with van der Waals surface area (Å²) in [6.45, 7) is 6.11. The first-order valence-corrected chi connectivity index (χ1v) is 9.29. The lowest BCUT2D eigenvalue weighted by molar-refractivity contribution is -0.134. The average Bonchev–Trinajstić information content (AvgIpc) is 2.41. The number of rotatable bonds is 10. The Morgan fingerprint density at radius 3 is 2.36 bits per heavy atom. The molecule has 0 amide bonds. The molecular formula is C16H25NO4S. The van der Waals surface area contributed by atoms with E-state index in [0.29, 0.717) is 12.5 Å². The van der Waals surface area contributed by atoms with E-state index >= 15 is 0 Å². The molecule has 0 radical (unpaired) electrons. The van der Waals surface area contributed by atoms with Crippen LogP contribution in [0.25, 0.3) is 0 Å². The van der Waals surface area contributed by atoms with Gasteiger partial charge >= 0.3 is 5.97 Å². The summed E-state index contributed by atoms with van der Waals surface area (Å²) in [5.74, 6) is -1.76. The van der Waals surface area contributed by atoms with E-state index in [0.717, 1.165) is 19.5 Å². The zero-order valence-electron chi connectivity index (χ0n) is 13.2. The summed E-state index contributed by atoms with van der Waals surface area (Å²) in [7, 11) is -3.54. The van der Waals surface area contributed by atoms with E-state index in [2.05, 4.69) is 30.9 Å². The predicted octanol–water partition coefficient (Wildman–Crippen LogP) is 1.69. The van der Waals surface area contributed by atoms with Crippen molar-refractivity contribution in [1.82, 2.24) is 4.90 Å². The van der Waals surface area contributed by atoms with E-state index in [-0.39, 0.29) is 5.75 Å². The number of carboxylic acids is 1. The number of carbonyl (C=O) groups is 1. The number of hydrogen-bond acceptors (Lipinski definition) is 4. The summed E-state index contributed by atoms with van der Waals surface area (Å²) in [5, 5.41) is 8.62. The van der Waals surface area contributed by atoms with Crippen molar-refractivity contribution >= 4 is 15.8 Å². The quantitative estimate of drug-likeness (QED) is 0.708. The van der Waals surface area contributed by atoms with Crippen LogP contribution in [0.2, 0.25) is 0 Å². The SMILES string of the molecule is CC(C)CN(CCc1ccccc1)CCS(=O)(=O)CC(=O)O. The van der Waals surface area contributed by atoms with Gasteiger partial charge in [0.25, 0.3) is 0 Å². The predicted molar refractivity (Wildman–Crippen MR) is 87.7 cm³/mol. The Bertz CT molecular complexity index is 555. The maximum Gasteiger partial charge on any atom is 0.318 e. The summed E-state index contributed by atoms with van der Waals surface area (Å²) in [6.07, 6.45) is 0.854. The van der Waals surface area contributed by atoms with Crippen molar-refractivity contribution in [2.75, 3.05) is 31.1 Å². The first kappa shape index (κ1) is 18.6. The normalized spacial score (nSPS) is 12.0. The van der Waals surface area contributed by atoms with Crippen LogP contribution in [0.15, 0.2) is 30.3 Å². The summed E-state index contributed by atoms with van der Waals surface area (Å²) in [5.41, 5.74) is 1.21. The van der Waals surface area contributed by atoms with Crippen LogP contribution in [0.1, 0.15) is 19.4 Å². The minimum absolute atomic E-state index is 0.110. The zero-order valence-corrected chi connectivity index (χ0v) is 14.1. The van der Waals surface area contributed by atoms with Gasteiger partial charge in [-0.05, 0) is 17.9 Å². The Kier molecular flexibility index (Phi) is 7.55. The molecule has 0 aliphatic heterocycles.